The summed E-state index contributed by atoms with van der Waals surface area (Å²) in [7, 11) is -4.00. The van der Waals surface area contributed by atoms with Crippen molar-refractivity contribution < 1.29 is 31.2 Å². The number of sulfonamides is 1. The summed E-state index contributed by atoms with van der Waals surface area (Å²) in [6.45, 7) is -0.271. The fraction of sp³-hybridized carbons (Fsp3) is 0.412. The van der Waals surface area contributed by atoms with Crippen LogP contribution in [0.3, 0.4) is 0 Å². The van der Waals surface area contributed by atoms with E-state index in [1.807, 2.05) is 30.3 Å². The monoisotopic (exact) mass is 711 g/mol. The van der Waals surface area contributed by atoms with Crippen LogP contribution in [0.5, 0.6) is 0 Å². The van der Waals surface area contributed by atoms with Gasteiger partial charge < -0.3 is 10.2 Å². The van der Waals surface area contributed by atoms with Crippen molar-refractivity contribution >= 4 is 50.7 Å². The van der Waals surface area contributed by atoms with Crippen molar-refractivity contribution in [3.63, 3.8) is 0 Å². The SMILES string of the molecule is CS(=O)(=O)N(CCCC(=O)N(Cc1ccc(Cl)cc1Cl)[C@@H](Cc1ccccc1)C(=O)NC1CCCCC1)c1cccc(C(F)(F)F)c1. The van der Waals surface area contributed by atoms with Crippen molar-refractivity contribution in [1.29, 1.82) is 0 Å². The highest BCUT2D eigenvalue weighted by atomic mass is 35.5. The molecular formula is C34H38Cl2F3N3O4S. The number of hydrogen-bond donors (Lipinski definition) is 1. The minimum atomic E-state index is -4.66. The van der Waals surface area contributed by atoms with Gasteiger partial charge in [0.2, 0.25) is 21.8 Å². The molecule has 0 spiro atoms. The Labute approximate surface area is 284 Å². The summed E-state index contributed by atoms with van der Waals surface area (Å²) in [4.78, 5) is 29.5. The number of rotatable bonds is 13. The van der Waals surface area contributed by atoms with Gasteiger partial charge in [-0.3, -0.25) is 13.9 Å². The maximum atomic E-state index is 14.1. The van der Waals surface area contributed by atoms with Gasteiger partial charge in [0, 0.05) is 42.0 Å². The number of hydrogen-bond acceptors (Lipinski definition) is 4. The van der Waals surface area contributed by atoms with E-state index in [-0.39, 0.29) is 50.0 Å². The van der Waals surface area contributed by atoms with E-state index in [4.69, 9.17) is 23.2 Å². The molecule has 0 aliphatic heterocycles. The van der Waals surface area contributed by atoms with Gasteiger partial charge in [-0.25, -0.2) is 8.42 Å². The summed E-state index contributed by atoms with van der Waals surface area (Å²) in [5.74, 6) is -0.742. The third-order valence-electron chi connectivity index (χ3n) is 8.19. The van der Waals surface area contributed by atoms with Crippen molar-refractivity contribution in [3.8, 4) is 0 Å². The Balaban J connectivity index is 1.62. The molecule has 0 aromatic heterocycles. The first kappa shape index (κ1) is 36.6. The standard InChI is InChI=1S/C34H38Cl2F3N3O4S/c1-47(45,46)42(29-15-8-12-26(21-29)34(37,38)39)19-9-16-32(43)41(23-25-17-18-27(35)22-30(25)36)31(20-24-10-4-2-5-11-24)33(44)40-28-13-6-3-7-14-28/h2,4-5,8,10-12,15,17-18,21-22,28,31H,3,6-7,9,13-14,16,19-20,23H2,1H3,(H,40,44)/t31-/m0/s1. The maximum absolute atomic E-state index is 14.1. The minimum Gasteiger partial charge on any atom is -0.352 e. The second kappa shape index (κ2) is 16.2. The van der Waals surface area contributed by atoms with Gasteiger partial charge in [0.05, 0.1) is 17.5 Å². The molecular weight excluding hydrogens is 674 g/mol. The number of carbonyl (C=O) groups excluding carboxylic acids is 2. The lowest BCUT2D eigenvalue weighted by molar-refractivity contribution is -0.141. The zero-order valence-electron chi connectivity index (χ0n) is 26.0. The van der Waals surface area contributed by atoms with Crippen molar-refractivity contribution in [2.24, 2.45) is 0 Å². The molecule has 47 heavy (non-hydrogen) atoms. The van der Waals surface area contributed by atoms with E-state index in [0.29, 0.717) is 15.6 Å². The molecule has 254 valence electrons. The largest absolute Gasteiger partial charge is 0.416 e. The zero-order valence-corrected chi connectivity index (χ0v) is 28.3. The van der Waals surface area contributed by atoms with E-state index < -0.39 is 33.7 Å². The molecule has 1 N–H and O–H groups in total. The normalized spacial score (nSPS) is 14.8. The van der Waals surface area contributed by atoms with Gasteiger partial charge in [-0.15, -0.1) is 0 Å². The molecule has 1 saturated carbocycles. The van der Waals surface area contributed by atoms with Crippen LogP contribution in [0.25, 0.3) is 0 Å². The topological polar surface area (TPSA) is 86.8 Å². The predicted octanol–water partition coefficient (Wildman–Crippen LogP) is 7.65. The molecule has 3 aromatic rings. The predicted molar refractivity (Wildman–Crippen MR) is 179 cm³/mol. The number of carbonyl (C=O) groups is 2. The molecule has 13 heteroatoms. The molecule has 1 fully saturated rings. The van der Waals surface area contributed by atoms with E-state index >= 15 is 0 Å². The summed E-state index contributed by atoms with van der Waals surface area (Å²) >= 11 is 12.6. The molecule has 3 aromatic carbocycles. The molecule has 0 bridgehead atoms. The van der Waals surface area contributed by atoms with Crippen molar-refractivity contribution in [3.05, 3.63) is 99.5 Å². The van der Waals surface area contributed by atoms with Crippen LogP contribution in [0.2, 0.25) is 10.0 Å². The van der Waals surface area contributed by atoms with Crippen LogP contribution < -0.4 is 9.62 Å². The van der Waals surface area contributed by atoms with E-state index in [1.165, 1.54) is 11.0 Å². The summed E-state index contributed by atoms with van der Waals surface area (Å²) in [5, 5.41) is 3.87. The van der Waals surface area contributed by atoms with Crippen molar-refractivity contribution in [2.75, 3.05) is 17.1 Å². The smallest absolute Gasteiger partial charge is 0.352 e. The van der Waals surface area contributed by atoms with E-state index in [9.17, 15) is 31.2 Å². The average Bonchev–Trinajstić information content (AvgIpc) is 3.02. The summed E-state index contributed by atoms with van der Waals surface area (Å²) in [5.41, 5.74) is 0.255. The van der Waals surface area contributed by atoms with Gasteiger partial charge in [0.15, 0.2) is 0 Å². The van der Waals surface area contributed by atoms with Crippen LogP contribution in [0, 0.1) is 0 Å². The Bertz CT molecular complexity index is 1640. The number of anilines is 1. The number of nitrogens with one attached hydrogen (secondary N) is 1. The highest BCUT2D eigenvalue weighted by molar-refractivity contribution is 7.92. The first-order chi connectivity index (χ1) is 22.2. The molecule has 0 radical (unpaired) electrons. The highest BCUT2D eigenvalue weighted by Gasteiger charge is 2.33. The lowest BCUT2D eigenvalue weighted by Crippen LogP contribution is -2.53. The lowest BCUT2D eigenvalue weighted by Gasteiger charge is -2.34. The fourth-order valence-corrected chi connectivity index (χ4v) is 7.20. The summed E-state index contributed by atoms with van der Waals surface area (Å²) in [6, 6.07) is 17.3. The number of benzene rings is 3. The van der Waals surface area contributed by atoms with Crippen molar-refractivity contribution in [2.45, 2.75) is 76.2 Å². The molecule has 1 aliphatic carbocycles. The van der Waals surface area contributed by atoms with Gasteiger partial charge in [0.1, 0.15) is 6.04 Å². The number of alkyl halides is 3. The Morgan fingerprint density at radius 1 is 0.957 bits per heavy atom. The lowest BCUT2D eigenvalue weighted by atomic mass is 9.94. The Morgan fingerprint density at radius 2 is 1.66 bits per heavy atom. The molecule has 4 rings (SSSR count). The average molecular weight is 713 g/mol. The fourth-order valence-electron chi connectivity index (χ4n) is 5.77. The minimum absolute atomic E-state index is 0.0126. The molecule has 1 atom stereocenters. The zero-order chi connectivity index (χ0) is 34.2. The van der Waals surface area contributed by atoms with E-state index in [0.717, 1.165) is 66.4 Å². The molecule has 1 aliphatic rings. The van der Waals surface area contributed by atoms with Gasteiger partial charge in [0.25, 0.3) is 0 Å². The quantitative estimate of drug-likeness (QED) is 0.197. The molecule has 2 amide bonds. The Hall–Kier alpha value is -3.28. The molecule has 0 saturated heterocycles. The second-order valence-corrected chi connectivity index (χ2v) is 14.5. The number of amides is 2. The van der Waals surface area contributed by atoms with Gasteiger partial charge in [-0.1, -0.05) is 84.9 Å². The van der Waals surface area contributed by atoms with Crippen molar-refractivity contribution in [1.82, 2.24) is 10.2 Å². The second-order valence-electron chi connectivity index (χ2n) is 11.8. The summed E-state index contributed by atoms with van der Waals surface area (Å²) < 4.78 is 66.3. The number of nitrogens with zero attached hydrogens (tertiary/aromatic N) is 2. The highest BCUT2D eigenvalue weighted by Crippen LogP contribution is 2.32. The summed E-state index contributed by atoms with van der Waals surface area (Å²) in [6.07, 6.45) is 1.04. The van der Waals surface area contributed by atoms with Gasteiger partial charge in [-0.05, 0) is 60.7 Å². The van der Waals surface area contributed by atoms with Crippen LogP contribution in [0.15, 0.2) is 72.8 Å². The third kappa shape index (κ3) is 10.6. The molecule has 7 nitrogen and oxygen atoms in total. The first-order valence-electron chi connectivity index (χ1n) is 15.4. The van der Waals surface area contributed by atoms with E-state index in [2.05, 4.69) is 5.32 Å². The van der Waals surface area contributed by atoms with Crippen LogP contribution >= 0.6 is 23.2 Å². The maximum Gasteiger partial charge on any atom is 0.416 e. The Kier molecular flexibility index (Phi) is 12.6. The first-order valence-corrected chi connectivity index (χ1v) is 18.1. The Morgan fingerprint density at radius 3 is 2.30 bits per heavy atom. The van der Waals surface area contributed by atoms with Gasteiger partial charge in [-0.2, -0.15) is 13.2 Å². The number of halogens is 5. The third-order valence-corrected chi connectivity index (χ3v) is 9.97. The van der Waals surface area contributed by atoms with Crippen LogP contribution in [0.4, 0.5) is 18.9 Å². The van der Waals surface area contributed by atoms with Gasteiger partial charge >= 0.3 is 6.18 Å². The van der Waals surface area contributed by atoms with E-state index in [1.54, 1.807) is 18.2 Å². The van der Waals surface area contributed by atoms with Crippen LogP contribution in [-0.4, -0.2) is 50.0 Å². The molecule has 0 unspecified atom stereocenters. The van der Waals surface area contributed by atoms with Crippen LogP contribution in [0.1, 0.15) is 61.6 Å². The molecule has 0 heterocycles. The van der Waals surface area contributed by atoms with Crippen LogP contribution in [-0.2, 0) is 38.8 Å².